The van der Waals surface area contributed by atoms with E-state index in [1.807, 2.05) is 11.5 Å². The van der Waals surface area contributed by atoms with Crippen LogP contribution in [0.4, 0.5) is 10.2 Å². The Morgan fingerprint density at radius 1 is 1.38 bits per heavy atom. The molecule has 0 aliphatic carbocycles. The number of aromatic nitrogens is 4. The number of halogens is 3. The molecule has 0 fully saturated rings. The van der Waals surface area contributed by atoms with Crippen LogP contribution >= 0.6 is 38.5 Å². The largest absolute Gasteiger partial charge is 0.493 e. The molecule has 1 atom stereocenters. The topological polar surface area (TPSA) is 78.9 Å². The predicted molar refractivity (Wildman–Crippen MR) is 109 cm³/mol. The van der Waals surface area contributed by atoms with Crippen molar-refractivity contribution in [2.75, 3.05) is 12.3 Å². The van der Waals surface area contributed by atoms with Gasteiger partial charge in [-0.15, -0.1) is 0 Å². The summed E-state index contributed by atoms with van der Waals surface area (Å²) in [5.41, 5.74) is 9.06. The number of hydrogen-bond acceptors (Lipinski definition) is 5. The second kappa shape index (κ2) is 6.91. The number of alkyl halides is 1. The van der Waals surface area contributed by atoms with E-state index in [-0.39, 0.29) is 10.6 Å². The number of benzene rings is 1. The van der Waals surface area contributed by atoms with Crippen molar-refractivity contribution in [3.05, 3.63) is 38.7 Å². The zero-order valence-electron chi connectivity index (χ0n) is 14.0. The Labute approximate surface area is 171 Å². The molecule has 9 heteroatoms. The molecule has 1 aliphatic heterocycles. The average Bonchev–Trinajstić information content (AvgIpc) is 3.13. The first-order valence-electron chi connectivity index (χ1n) is 8.18. The molecular weight excluding hydrogens is 516 g/mol. The highest BCUT2D eigenvalue weighted by atomic mass is 127. The Morgan fingerprint density at radius 3 is 2.96 bits per heavy atom. The van der Waals surface area contributed by atoms with Crippen LogP contribution < -0.4 is 10.5 Å². The Balaban J connectivity index is 1.82. The summed E-state index contributed by atoms with van der Waals surface area (Å²) in [6, 6.07) is 4.23. The van der Waals surface area contributed by atoms with Gasteiger partial charge < -0.3 is 15.0 Å². The maximum Gasteiger partial charge on any atom is 0.312 e. The lowest BCUT2D eigenvalue weighted by Gasteiger charge is -2.12. The van der Waals surface area contributed by atoms with Crippen LogP contribution in [0, 0.1) is 9.65 Å². The number of ether oxygens (including phenoxy) is 1. The monoisotopic (exact) mass is 531 g/mol. The highest BCUT2D eigenvalue weighted by molar-refractivity contribution is 14.1. The van der Waals surface area contributed by atoms with E-state index >= 15 is 0 Å². The first-order chi connectivity index (χ1) is 12.4. The maximum atomic E-state index is 13.7. The van der Waals surface area contributed by atoms with Crippen LogP contribution in [0.5, 0.6) is 5.75 Å². The Bertz CT molecular complexity index is 1010. The van der Waals surface area contributed by atoms with E-state index in [4.69, 9.17) is 10.5 Å². The lowest BCUT2D eigenvalue weighted by atomic mass is 10.1. The van der Waals surface area contributed by atoms with Gasteiger partial charge in [0.1, 0.15) is 11.6 Å². The van der Waals surface area contributed by atoms with E-state index in [9.17, 15) is 4.39 Å². The molecule has 3 aromatic rings. The molecule has 1 aromatic carbocycles. The van der Waals surface area contributed by atoms with Gasteiger partial charge in [0.15, 0.2) is 17.0 Å². The van der Waals surface area contributed by atoms with Crippen molar-refractivity contribution < 1.29 is 9.13 Å². The molecule has 2 aromatic heterocycles. The highest BCUT2D eigenvalue weighted by Gasteiger charge is 2.20. The molecular formula is C17H16BrFIN5O. The van der Waals surface area contributed by atoms with Crippen molar-refractivity contribution in [2.24, 2.45) is 0 Å². The van der Waals surface area contributed by atoms with Gasteiger partial charge >= 0.3 is 6.08 Å². The molecule has 0 bridgehead atoms. The molecule has 0 spiro atoms. The lowest BCUT2D eigenvalue weighted by molar-refractivity contribution is 0.356. The van der Waals surface area contributed by atoms with E-state index in [0.717, 1.165) is 33.7 Å². The minimum atomic E-state index is -0.842. The third kappa shape index (κ3) is 3.26. The summed E-state index contributed by atoms with van der Waals surface area (Å²) >= 11 is 5.89. The number of anilines is 1. The van der Waals surface area contributed by atoms with Crippen LogP contribution in [0.1, 0.15) is 23.9 Å². The van der Waals surface area contributed by atoms with Crippen LogP contribution in [-0.4, -0.2) is 31.0 Å². The molecule has 136 valence electrons. The Hall–Kier alpha value is -1.49. The number of nitrogens with zero attached hydrogens (tertiary/aromatic N) is 4. The minimum absolute atomic E-state index is 0.0571. The summed E-state index contributed by atoms with van der Waals surface area (Å²) in [6.07, 6.45) is 0.674. The summed E-state index contributed by atoms with van der Waals surface area (Å²) in [6.45, 7) is 3.34. The fourth-order valence-corrected chi connectivity index (χ4v) is 4.17. The number of imidazole rings is 1. The molecule has 0 saturated carbocycles. The van der Waals surface area contributed by atoms with Gasteiger partial charge in [-0.3, -0.25) is 0 Å². The smallest absolute Gasteiger partial charge is 0.312 e. The Morgan fingerprint density at radius 2 is 2.19 bits per heavy atom. The molecule has 1 unspecified atom stereocenters. The molecule has 0 saturated heterocycles. The number of nitrogen functional groups attached to an aromatic ring is 1. The molecule has 6 nitrogen and oxygen atoms in total. The van der Waals surface area contributed by atoms with Gasteiger partial charge in [0.05, 0.1) is 6.61 Å². The van der Waals surface area contributed by atoms with E-state index in [0.29, 0.717) is 24.1 Å². The van der Waals surface area contributed by atoms with Gasteiger partial charge in [-0.1, -0.05) is 22.9 Å². The number of fused-ring (bicyclic) bond motifs is 2. The maximum absolute atomic E-state index is 13.7. The van der Waals surface area contributed by atoms with Gasteiger partial charge in [0.25, 0.3) is 0 Å². The first-order valence-corrected chi connectivity index (χ1v) is 10.2. The number of rotatable bonds is 4. The standard InChI is InChI=1S/C17H16BrFIN5O/c1-8(18)7-25-13(22-14-15(21)23-17(19)24-16(14)25)6-10-5-12-9(2-3-26-12)4-11(10)20/h4-5,8H,2-3,6-7H2,1H3,(H2,21,23,24). The number of hydrogen-bond donors (Lipinski definition) is 1. The van der Waals surface area contributed by atoms with Crippen molar-refractivity contribution in [1.29, 1.82) is 0 Å². The van der Waals surface area contributed by atoms with Crippen LogP contribution in [0.2, 0.25) is 0 Å². The molecule has 4 rings (SSSR count). The average molecular weight is 532 g/mol. The van der Waals surface area contributed by atoms with Crippen molar-refractivity contribution >= 4 is 55.5 Å². The fraction of sp³-hybridized carbons (Fsp3) is 0.353. The van der Waals surface area contributed by atoms with Gasteiger partial charge in [0.2, 0.25) is 0 Å². The van der Waals surface area contributed by atoms with Gasteiger partial charge in [-0.25, -0.2) is 4.98 Å². The number of nitrogens with two attached hydrogens (primary N) is 1. The molecule has 3 heterocycles. The third-order valence-corrected chi connectivity index (χ3v) is 5.61. The molecule has 26 heavy (non-hydrogen) atoms. The fourth-order valence-electron chi connectivity index (χ4n) is 3.16. The zero-order valence-corrected chi connectivity index (χ0v) is 17.7. The van der Waals surface area contributed by atoms with Crippen LogP contribution in [0.3, 0.4) is 0 Å². The van der Waals surface area contributed by atoms with Crippen LogP contribution in [0.15, 0.2) is 12.1 Å². The van der Waals surface area contributed by atoms with E-state index < -0.39 is 6.08 Å². The zero-order chi connectivity index (χ0) is 18.4. The Kier molecular flexibility index (Phi) is 4.76. The van der Waals surface area contributed by atoms with Crippen LogP contribution in [-0.2, 0) is 19.4 Å². The summed E-state index contributed by atoms with van der Waals surface area (Å²) in [4.78, 5) is 12.3. The molecule has 0 amide bonds. The summed E-state index contributed by atoms with van der Waals surface area (Å²) < 4.78 is 22.4. The van der Waals surface area contributed by atoms with Crippen molar-refractivity contribution in [2.45, 2.75) is 31.1 Å². The third-order valence-electron chi connectivity index (χ3n) is 4.31. The highest BCUT2D eigenvalue weighted by Crippen LogP contribution is 2.31. The predicted octanol–water partition coefficient (Wildman–Crippen LogP) is 3.46. The van der Waals surface area contributed by atoms with Gasteiger partial charge in [-0.05, 0) is 45.9 Å². The molecule has 1 aliphatic rings. The van der Waals surface area contributed by atoms with Crippen LogP contribution in [0.25, 0.3) is 11.2 Å². The molecule has 2 N–H and O–H groups in total. The quantitative estimate of drug-likeness (QED) is 0.317. The summed E-state index contributed by atoms with van der Waals surface area (Å²) in [7, 11) is 0. The SMILES string of the molecule is CC(Br)Cn1c(Cc2cc3c(cc2I)CCO3)nc2c(N)nc(F)nc21. The van der Waals surface area contributed by atoms with Crippen molar-refractivity contribution in [1.82, 2.24) is 19.5 Å². The van der Waals surface area contributed by atoms with E-state index in [1.165, 1.54) is 5.56 Å². The van der Waals surface area contributed by atoms with Gasteiger partial charge in [-0.2, -0.15) is 14.4 Å². The first kappa shape index (κ1) is 17.9. The molecule has 0 radical (unpaired) electrons. The summed E-state index contributed by atoms with van der Waals surface area (Å²) in [5.74, 6) is 1.76. The lowest BCUT2D eigenvalue weighted by Crippen LogP contribution is -2.12. The van der Waals surface area contributed by atoms with Crippen molar-refractivity contribution in [3.63, 3.8) is 0 Å². The normalized spacial score (nSPS) is 14.5. The van der Waals surface area contributed by atoms with Crippen molar-refractivity contribution in [3.8, 4) is 5.75 Å². The second-order valence-corrected chi connectivity index (χ2v) is 9.02. The van der Waals surface area contributed by atoms with Gasteiger partial charge in [0, 0.05) is 27.8 Å². The minimum Gasteiger partial charge on any atom is -0.493 e. The van der Waals surface area contributed by atoms with E-state index in [2.05, 4.69) is 65.6 Å². The summed E-state index contributed by atoms with van der Waals surface area (Å²) in [5, 5.41) is 0. The second-order valence-electron chi connectivity index (χ2n) is 6.30. The van der Waals surface area contributed by atoms with E-state index in [1.54, 1.807) is 0 Å².